The van der Waals surface area contributed by atoms with Crippen LogP contribution in [0.4, 0.5) is 4.39 Å². The first kappa shape index (κ1) is 19.5. The summed E-state index contributed by atoms with van der Waals surface area (Å²) in [5, 5.41) is 10.6. The van der Waals surface area contributed by atoms with E-state index in [1.54, 1.807) is 24.8 Å². The van der Waals surface area contributed by atoms with Crippen molar-refractivity contribution in [2.45, 2.75) is 37.9 Å². The summed E-state index contributed by atoms with van der Waals surface area (Å²) in [6.45, 7) is 3.05. The Bertz CT molecular complexity index is 833. The van der Waals surface area contributed by atoms with Crippen LogP contribution in [0.2, 0.25) is 0 Å². The number of likely N-dealkylation sites (tertiary alicyclic amines) is 1. The minimum atomic E-state index is -0.503. The fraction of sp³-hybridized carbons (Fsp3) is 0.500. The molecule has 8 nitrogen and oxygen atoms in total. The molecule has 0 unspecified atom stereocenters. The van der Waals surface area contributed by atoms with Crippen molar-refractivity contribution in [3.8, 4) is 0 Å². The molecule has 1 aromatic carbocycles. The van der Waals surface area contributed by atoms with Gasteiger partial charge in [0.2, 0.25) is 11.8 Å². The zero-order chi connectivity index (χ0) is 20.2. The van der Waals surface area contributed by atoms with Crippen LogP contribution >= 0.6 is 0 Å². The fourth-order valence-corrected chi connectivity index (χ4v) is 4.10. The molecule has 2 amide bonds. The van der Waals surface area contributed by atoms with Gasteiger partial charge in [-0.2, -0.15) is 0 Å². The van der Waals surface area contributed by atoms with Crippen molar-refractivity contribution < 1.29 is 14.0 Å². The summed E-state index contributed by atoms with van der Waals surface area (Å²) in [5.74, 6) is -0.406. The quantitative estimate of drug-likeness (QED) is 0.809. The van der Waals surface area contributed by atoms with Crippen molar-refractivity contribution in [1.29, 1.82) is 0 Å². The number of hydrogen-bond donors (Lipinski definition) is 1. The number of carbonyl (C=O) groups excluding carboxylic acids is 2. The third-order valence-electron chi connectivity index (χ3n) is 5.78. The second-order valence-corrected chi connectivity index (χ2v) is 7.63. The van der Waals surface area contributed by atoms with E-state index in [9.17, 15) is 14.0 Å². The molecule has 1 aromatic heterocycles. The number of hydrogen-bond acceptors (Lipinski definition) is 5. The molecule has 0 radical (unpaired) electrons. The number of aromatic nitrogens is 3. The molecule has 2 saturated heterocycles. The Hall–Kier alpha value is -2.81. The largest absolute Gasteiger partial charge is 0.353 e. The molecule has 0 saturated carbocycles. The molecule has 0 bridgehead atoms. The molecule has 2 fully saturated rings. The Kier molecular flexibility index (Phi) is 5.84. The second kappa shape index (κ2) is 8.69. The summed E-state index contributed by atoms with van der Waals surface area (Å²) in [6.07, 6.45) is 5.27. The SMILES string of the molecule is O=C1NCCN(Cc2ccc(F)cc2)[C@@H]1CC(=O)N1CCC(n2cnnc2)CC1. The number of nitrogens with one attached hydrogen (secondary N) is 1. The van der Waals surface area contributed by atoms with Crippen molar-refractivity contribution in [1.82, 2.24) is 29.9 Å². The van der Waals surface area contributed by atoms with E-state index in [2.05, 4.69) is 15.5 Å². The van der Waals surface area contributed by atoms with Crippen LogP contribution in [0.3, 0.4) is 0 Å². The Morgan fingerprint density at radius 1 is 1.10 bits per heavy atom. The zero-order valence-corrected chi connectivity index (χ0v) is 16.2. The summed E-state index contributed by atoms with van der Waals surface area (Å²) in [7, 11) is 0. The van der Waals surface area contributed by atoms with E-state index in [1.165, 1.54) is 12.1 Å². The van der Waals surface area contributed by atoms with Crippen LogP contribution in [0.25, 0.3) is 0 Å². The summed E-state index contributed by atoms with van der Waals surface area (Å²) in [4.78, 5) is 29.2. The molecule has 2 aliphatic rings. The van der Waals surface area contributed by atoms with Crippen LogP contribution in [0, 0.1) is 5.82 Å². The maximum atomic E-state index is 13.2. The van der Waals surface area contributed by atoms with Gasteiger partial charge in [0, 0.05) is 38.8 Å². The van der Waals surface area contributed by atoms with Gasteiger partial charge in [0.15, 0.2) is 0 Å². The lowest BCUT2D eigenvalue weighted by atomic mass is 10.0. The number of nitrogens with zero attached hydrogens (tertiary/aromatic N) is 5. The number of piperidine rings is 1. The lowest BCUT2D eigenvalue weighted by molar-refractivity contribution is -0.139. The number of halogens is 1. The predicted molar refractivity (Wildman–Crippen MR) is 103 cm³/mol. The maximum Gasteiger partial charge on any atom is 0.237 e. The molecular weight excluding hydrogens is 375 g/mol. The third kappa shape index (κ3) is 4.61. The molecule has 29 heavy (non-hydrogen) atoms. The van der Waals surface area contributed by atoms with Gasteiger partial charge in [0.05, 0.1) is 12.5 Å². The van der Waals surface area contributed by atoms with Crippen molar-refractivity contribution in [2.24, 2.45) is 0 Å². The predicted octanol–water partition coefficient (Wildman–Crippen LogP) is 0.971. The number of rotatable bonds is 5. The molecule has 0 aliphatic carbocycles. The van der Waals surface area contributed by atoms with Gasteiger partial charge in [0.1, 0.15) is 18.5 Å². The van der Waals surface area contributed by atoms with Crippen molar-refractivity contribution in [3.05, 3.63) is 48.3 Å². The van der Waals surface area contributed by atoms with Crippen molar-refractivity contribution >= 4 is 11.8 Å². The van der Waals surface area contributed by atoms with Gasteiger partial charge in [-0.1, -0.05) is 12.1 Å². The summed E-state index contributed by atoms with van der Waals surface area (Å²) < 4.78 is 15.1. The molecule has 2 aromatic rings. The van der Waals surface area contributed by atoms with Gasteiger partial charge in [-0.05, 0) is 30.5 Å². The molecule has 0 spiro atoms. The van der Waals surface area contributed by atoms with Crippen molar-refractivity contribution in [2.75, 3.05) is 26.2 Å². The van der Waals surface area contributed by atoms with Crippen LogP contribution in [0.1, 0.15) is 30.9 Å². The van der Waals surface area contributed by atoms with E-state index in [1.807, 2.05) is 14.4 Å². The van der Waals surface area contributed by atoms with Crippen LogP contribution in [-0.4, -0.2) is 68.6 Å². The highest BCUT2D eigenvalue weighted by Gasteiger charge is 2.34. The Labute approximate surface area is 168 Å². The molecule has 4 rings (SSSR count). The lowest BCUT2D eigenvalue weighted by Gasteiger charge is -2.37. The van der Waals surface area contributed by atoms with E-state index >= 15 is 0 Å². The molecule has 9 heteroatoms. The first-order valence-electron chi connectivity index (χ1n) is 9.98. The van der Waals surface area contributed by atoms with Crippen molar-refractivity contribution in [3.63, 3.8) is 0 Å². The van der Waals surface area contributed by atoms with E-state index < -0.39 is 6.04 Å². The van der Waals surface area contributed by atoms with Crippen LogP contribution < -0.4 is 5.32 Å². The smallest absolute Gasteiger partial charge is 0.237 e. The highest BCUT2D eigenvalue weighted by Crippen LogP contribution is 2.23. The van der Waals surface area contributed by atoms with Gasteiger partial charge in [0.25, 0.3) is 0 Å². The van der Waals surface area contributed by atoms with E-state index in [-0.39, 0.29) is 24.1 Å². The van der Waals surface area contributed by atoms with Crippen LogP contribution in [0.5, 0.6) is 0 Å². The summed E-state index contributed by atoms with van der Waals surface area (Å²) >= 11 is 0. The fourth-order valence-electron chi connectivity index (χ4n) is 4.10. The minimum Gasteiger partial charge on any atom is -0.353 e. The molecule has 154 valence electrons. The van der Waals surface area contributed by atoms with E-state index in [4.69, 9.17) is 0 Å². The van der Waals surface area contributed by atoms with E-state index in [0.717, 1.165) is 18.4 Å². The molecule has 1 atom stereocenters. The minimum absolute atomic E-state index is 0.00152. The molecule has 1 N–H and O–H groups in total. The number of amides is 2. The number of benzene rings is 1. The summed E-state index contributed by atoms with van der Waals surface area (Å²) in [6, 6.07) is 6.07. The highest BCUT2D eigenvalue weighted by atomic mass is 19.1. The third-order valence-corrected chi connectivity index (χ3v) is 5.78. The van der Waals surface area contributed by atoms with Crippen LogP contribution in [0.15, 0.2) is 36.9 Å². The Morgan fingerprint density at radius 3 is 2.48 bits per heavy atom. The average molecular weight is 400 g/mol. The first-order chi connectivity index (χ1) is 14.1. The topological polar surface area (TPSA) is 83.4 Å². The zero-order valence-electron chi connectivity index (χ0n) is 16.2. The highest BCUT2D eigenvalue weighted by molar-refractivity contribution is 5.88. The molecular formula is C20H25FN6O2. The monoisotopic (exact) mass is 400 g/mol. The Balaban J connectivity index is 1.36. The lowest BCUT2D eigenvalue weighted by Crippen LogP contribution is -2.56. The van der Waals surface area contributed by atoms with Crippen LogP contribution in [-0.2, 0) is 16.1 Å². The Morgan fingerprint density at radius 2 is 1.79 bits per heavy atom. The van der Waals surface area contributed by atoms with Gasteiger partial charge in [-0.15, -0.1) is 10.2 Å². The van der Waals surface area contributed by atoms with Gasteiger partial charge in [-0.25, -0.2) is 4.39 Å². The number of carbonyl (C=O) groups is 2. The van der Waals surface area contributed by atoms with Gasteiger partial charge >= 0.3 is 0 Å². The first-order valence-corrected chi connectivity index (χ1v) is 9.98. The van der Waals surface area contributed by atoms with E-state index in [0.29, 0.717) is 38.8 Å². The normalized spacial score (nSPS) is 21.2. The average Bonchev–Trinajstić information content (AvgIpc) is 3.27. The van der Waals surface area contributed by atoms with Gasteiger partial charge < -0.3 is 14.8 Å². The van der Waals surface area contributed by atoms with Gasteiger partial charge in [-0.3, -0.25) is 14.5 Å². The molecule has 3 heterocycles. The number of piperazine rings is 1. The molecule has 2 aliphatic heterocycles. The second-order valence-electron chi connectivity index (χ2n) is 7.63. The maximum absolute atomic E-state index is 13.2. The standard InChI is InChI=1S/C20H25FN6O2/c21-16-3-1-15(2-4-16)12-26-10-7-22-20(29)18(26)11-19(28)25-8-5-17(6-9-25)27-13-23-24-14-27/h1-4,13-14,17-18H,5-12H2,(H,22,29)/t18-/m1/s1. The summed E-state index contributed by atoms with van der Waals surface area (Å²) in [5.41, 5.74) is 0.924.